The zero-order valence-corrected chi connectivity index (χ0v) is 5.68. The van der Waals surface area contributed by atoms with Crippen LogP contribution in [0.1, 0.15) is 0 Å². The number of halogens is 3. The molecule has 0 aromatic carbocycles. The van der Waals surface area contributed by atoms with Crippen LogP contribution in [-0.4, -0.2) is 20.3 Å². The van der Waals surface area contributed by atoms with Crippen molar-refractivity contribution < 1.29 is 16.4 Å². The number of nitrogens with one attached hydrogen (secondary N) is 1. The van der Waals surface area contributed by atoms with Crippen molar-refractivity contribution in [1.29, 1.82) is 0 Å². The van der Waals surface area contributed by atoms with Crippen molar-refractivity contribution in [3.05, 3.63) is 0 Å². The highest BCUT2D eigenvalue weighted by atomic mass is 32.3. The molecule has 0 aromatic rings. The Labute approximate surface area is 53.7 Å². The van der Waals surface area contributed by atoms with E-state index in [-0.39, 0.29) is 13.2 Å². The van der Waals surface area contributed by atoms with Crippen LogP contribution in [0.25, 0.3) is 0 Å². The molecule has 2 nitrogen and oxygen atoms in total. The third kappa shape index (κ3) is 8.06. The Morgan fingerprint density at radius 1 is 1.44 bits per heavy atom. The summed E-state index contributed by atoms with van der Waals surface area (Å²) in [5.74, 6) is 0. The van der Waals surface area contributed by atoms with Crippen molar-refractivity contribution in [3.63, 3.8) is 0 Å². The molecule has 0 atom stereocenters. The third-order valence-electron chi connectivity index (χ3n) is 0.572. The van der Waals surface area contributed by atoms with Crippen molar-refractivity contribution >= 4 is 11.4 Å². The van der Waals surface area contributed by atoms with Gasteiger partial charge in [0.1, 0.15) is 0 Å². The van der Waals surface area contributed by atoms with Gasteiger partial charge in [0.15, 0.2) is 0 Å². The number of methoxy groups -OCH3 is 1. The Morgan fingerprint density at radius 2 is 2.00 bits per heavy atom. The van der Waals surface area contributed by atoms with E-state index in [2.05, 4.69) is 4.74 Å². The third-order valence-corrected chi connectivity index (χ3v) is 1.10. The van der Waals surface area contributed by atoms with Crippen molar-refractivity contribution in [3.8, 4) is 0 Å². The molecule has 0 amide bonds. The van der Waals surface area contributed by atoms with Crippen LogP contribution in [0.2, 0.25) is 0 Å². The van der Waals surface area contributed by atoms with E-state index < -0.39 is 11.4 Å². The fourth-order valence-corrected chi connectivity index (χ4v) is 0.574. The lowest BCUT2D eigenvalue weighted by Crippen LogP contribution is -2.16. The monoisotopic (exact) mass is 163 g/mol. The molecule has 0 aliphatic heterocycles. The first-order valence-electron chi connectivity index (χ1n) is 2.22. The quantitative estimate of drug-likeness (QED) is 0.635. The molecule has 0 bridgehead atoms. The van der Waals surface area contributed by atoms with E-state index in [1.54, 1.807) is 0 Å². The average molecular weight is 163 g/mol. The molecule has 0 aliphatic rings. The van der Waals surface area contributed by atoms with Gasteiger partial charge < -0.3 is 4.74 Å². The first kappa shape index (κ1) is 9.06. The predicted molar refractivity (Wildman–Crippen MR) is 30.8 cm³/mol. The highest BCUT2D eigenvalue weighted by Gasteiger charge is 2.18. The van der Waals surface area contributed by atoms with Crippen LogP contribution < -0.4 is 4.72 Å². The summed E-state index contributed by atoms with van der Waals surface area (Å²) in [5, 5.41) is 0. The largest absolute Gasteiger partial charge is 0.383 e. The summed E-state index contributed by atoms with van der Waals surface area (Å²) in [7, 11) is 1.35. The number of ether oxygens (including phenoxy) is 1. The number of hydrogen-bond donors (Lipinski definition) is 1. The lowest BCUT2D eigenvalue weighted by Gasteiger charge is -2.09. The molecule has 58 valence electrons. The van der Waals surface area contributed by atoms with E-state index in [4.69, 9.17) is 0 Å². The average Bonchev–Trinajstić information content (AvgIpc) is 1.63. The Bertz CT molecular complexity index is 75.9. The van der Waals surface area contributed by atoms with Crippen LogP contribution in [-0.2, 0) is 4.74 Å². The summed E-state index contributed by atoms with van der Waals surface area (Å²) in [4.78, 5) is 0. The summed E-state index contributed by atoms with van der Waals surface area (Å²) in [6.45, 7) is -0.0676. The number of hydrogen-bond acceptors (Lipinski definition) is 2. The molecule has 0 rings (SSSR count). The lowest BCUT2D eigenvalue weighted by atomic mass is 10.7. The summed E-state index contributed by atoms with van der Waals surface area (Å²) >= 11 is -5.03. The molecule has 0 aromatic heterocycles. The second-order valence-electron chi connectivity index (χ2n) is 1.29. The topological polar surface area (TPSA) is 21.3 Å². The zero-order chi connectivity index (χ0) is 7.33. The highest BCUT2D eigenvalue weighted by molar-refractivity contribution is 8.19. The van der Waals surface area contributed by atoms with Gasteiger partial charge in [0.2, 0.25) is 0 Å². The summed E-state index contributed by atoms with van der Waals surface area (Å²) in [5.41, 5.74) is 0. The smallest absolute Gasteiger partial charge is 0.275 e. The molecule has 0 spiro atoms. The van der Waals surface area contributed by atoms with E-state index >= 15 is 0 Å². The fourth-order valence-electron chi connectivity index (χ4n) is 0.259. The van der Waals surface area contributed by atoms with Gasteiger partial charge >= 0.3 is 0 Å². The molecule has 6 heteroatoms. The number of rotatable bonds is 4. The van der Waals surface area contributed by atoms with E-state index in [0.717, 1.165) is 0 Å². The van der Waals surface area contributed by atoms with Crippen molar-refractivity contribution in [2.75, 3.05) is 20.3 Å². The standard InChI is InChI=1S/C3H8F3NOS/c1-8-3-2-7-9(4,5)6/h7H,2-3H2,1H3. The van der Waals surface area contributed by atoms with Crippen LogP contribution in [0.5, 0.6) is 0 Å². The lowest BCUT2D eigenvalue weighted by molar-refractivity contribution is 0.204. The van der Waals surface area contributed by atoms with Crippen molar-refractivity contribution in [2.45, 2.75) is 0 Å². The van der Waals surface area contributed by atoms with Gasteiger partial charge in [-0.15, -0.1) is 11.7 Å². The molecular weight excluding hydrogens is 155 g/mol. The van der Waals surface area contributed by atoms with Gasteiger partial charge in [0.05, 0.1) is 6.61 Å². The van der Waals surface area contributed by atoms with E-state index in [1.165, 1.54) is 11.8 Å². The van der Waals surface area contributed by atoms with Gasteiger partial charge in [0.25, 0.3) is 11.4 Å². The van der Waals surface area contributed by atoms with E-state index in [9.17, 15) is 11.7 Å². The summed E-state index contributed by atoms with van der Waals surface area (Å²) in [6, 6.07) is 0. The SMILES string of the molecule is COCCNS(F)(F)F. The van der Waals surface area contributed by atoms with Crippen LogP contribution in [0.4, 0.5) is 11.7 Å². The Balaban J connectivity index is 3.07. The molecule has 9 heavy (non-hydrogen) atoms. The van der Waals surface area contributed by atoms with Gasteiger partial charge in [-0.25, -0.2) is 4.72 Å². The molecule has 1 N–H and O–H groups in total. The Kier molecular flexibility index (Phi) is 4.00. The molecular formula is C3H8F3NOS. The highest BCUT2D eigenvalue weighted by Crippen LogP contribution is 2.48. The minimum atomic E-state index is -5.03. The molecule has 0 fully saturated rings. The fraction of sp³-hybridized carbons (Fsp3) is 1.00. The van der Waals surface area contributed by atoms with Crippen molar-refractivity contribution in [2.24, 2.45) is 0 Å². The van der Waals surface area contributed by atoms with Crippen LogP contribution in [0.3, 0.4) is 0 Å². The minimum Gasteiger partial charge on any atom is -0.383 e. The van der Waals surface area contributed by atoms with Gasteiger partial charge in [-0.05, 0) is 0 Å². The van der Waals surface area contributed by atoms with Gasteiger partial charge in [-0.1, -0.05) is 0 Å². The molecule has 0 saturated heterocycles. The van der Waals surface area contributed by atoms with Crippen LogP contribution in [0, 0.1) is 0 Å². The maximum Gasteiger partial charge on any atom is 0.275 e. The van der Waals surface area contributed by atoms with Gasteiger partial charge in [0, 0.05) is 13.7 Å². The molecule has 0 aliphatic carbocycles. The second-order valence-corrected chi connectivity index (χ2v) is 2.40. The normalized spacial score (nSPS) is 13.8. The first-order chi connectivity index (χ1) is 4.06. The predicted octanol–water partition coefficient (Wildman–Crippen LogP) is 1.60. The Morgan fingerprint density at radius 3 is 2.33 bits per heavy atom. The molecule has 0 heterocycles. The summed E-state index contributed by atoms with van der Waals surface area (Å²) < 4.78 is 39.7. The van der Waals surface area contributed by atoms with Crippen LogP contribution >= 0.6 is 11.4 Å². The van der Waals surface area contributed by atoms with Crippen LogP contribution in [0.15, 0.2) is 0 Å². The first-order valence-corrected chi connectivity index (χ1v) is 3.55. The van der Waals surface area contributed by atoms with E-state index in [0.29, 0.717) is 0 Å². The minimum absolute atomic E-state index is 0.0898. The maximum atomic E-state index is 11.3. The van der Waals surface area contributed by atoms with E-state index in [1.807, 2.05) is 0 Å². The van der Waals surface area contributed by atoms with Gasteiger partial charge in [-0.2, -0.15) is 0 Å². The Hall–Kier alpha value is 0.0600. The maximum absolute atomic E-state index is 11.3. The van der Waals surface area contributed by atoms with Gasteiger partial charge in [-0.3, -0.25) is 0 Å². The molecule has 0 saturated carbocycles. The molecule has 0 unspecified atom stereocenters. The van der Waals surface area contributed by atoms with Crippen molar-refractivity contribution in [1.82, 2.24) is 4.72 Å². The zero-order valence-electron chi connectivity index (χ0n) is 4.86. The summed E-state index contributed by atoms with van der Waals surface area (Å²) in [6.07, 6.45) is 0. The molecule has 0 radical (unpaired) electrons. The second kappa shape index (κ2) is 3.97.